The van der Waals surface area contributed by atoms with E-state index >= 15 is 0 Å². The second-order valence-corrected chi connectivity index (χ2v) is 6.27. The molecule has 0 heteroatoms. The molecule has 0 bridgehead atoms. The number of benzene rings is 1. The van der Waals surface area contributed by atoms with Gasteiger partial charge < -0.3 is 0 Å². The van der Waals surface area contributed by atoms with Crippen molar-refractivity contribution in [3.05, 3.63) is 35.4 Å². The van der Waals surface area contributed by atoms with Crippen molar-refractivity contribution in [3.8, 4) is 0 Å². The molecular formula is C17H28. The molecule has 0 aromatic heterocycles. The molecule has 0 radical (unpaired) electrons. The molecule has 96 valence electrons. The summed E-state index contributed by atoms with van der Waals surface area (Å²) in [6.07, 6.45) is 1.32. The number of aryl methyl sites for hydroxylation is 1. The second kappa shape index (κ2) is 4.84. The summed E-state index contributed by atoms with van der Waals surface area (Å²) >= 11 is 0. The zero-order valence-corrected chi connectivity index (χ0v) is 12.6. The van der Waals surface area contributed by atoms with Crippen molar-refractivity contribution in [1.82, 2.24) is 0 Å². The highest BCUT2D eigenvalue weighted by Gasteiger charge is 2.53. The topological polar surface area (TPSA) is 0 Å². The van der Waals surface area contributed by atoms with Crippen LogP contribution >= 0.6 is 0 Å². The van der Waals surface area contributed by atoms with Gasteiger partial charge in [0, 0.05) is 0 Å². The highest BCUT2D eigenvalue weighted by molar-refractivity contribution is 5.30. The van der Waals surface area contributed by atoms with Crippen LogP contribution in [0.4, 0.5) is 0 Å². The molecule has 1 fully saturated rings. The Morgan fingerprint density at radius 2 is 1.41 bits per heavy atom. The maximum absolute atomic E-state index is 2.40. The molecule has 2 rings (SSSR count). The number of rotatable bonds is 1. The summed E-state index contributed by atoms with van der Waals surface area (Å²) < 4.78 is 0. The van der Waals surface area contributed by atoms with Crippen LogP contribution in [0.5, 0.6) is 0 Å². The first-order valence-corrected chi connectivity index (χ1v) is 6.91. The zero-order valence-electron chi connectivity index (χ0n) is 12.6. The molecular weight excluding hydrogens is 204 g/mol. The van der Waals surface area contributed by atoms with E-state index in [4.69, 9.17) is 0 Å². The fraction of sp³-hybridized carbons (Fsp3) is 0.647. The third-order valence-corrected chi connectivity index (χ3v) is 4.81. The molecule has 1 saturated carbocycles. The van der Waals surface area contributed by atoms with E-state index in [1.165, 1.54) is 17.5 Å². The van der Waals surface area contributed by atoms with Crippen molar-refractivity contribution in [2.45, 2.75) is 60.8 Å². The first-order chi connectivity index (χ1) is 7.84. The van der Waals surface area contributed by atoms with Gasteiger partial charge in [0.15, 0.2) is 0 Å². The lowest BCUT2D eigenvalue weighted by atomic mass is 9.45. The minimum Gasteiger partial charge on any atom is -0.0683 e. The van der Waals surface area contributed by atoms with Crippen LogP contribution in [0.2, 0.25) is 0 Å². The van der Waals surface area contributed by atoms with E-state index in [0.29, 0.717) is 10.8 Å². The smallest absolute Gasteiger partial charge is 0.0100 e. The third-order valence-electron chi connectivity index (χ3n) is 4.81. The molecule has 0 aliphatic heterocycles. The molecule has 1 aliphatic rings. The largest absolute Gasteiger partial charge is 0.0683 e. The van der Waals surface area contributed by atoms with E-state index in [1.807, 2.05) is 13.8 Å². The van der Waals surface area contributed by atoms with E-state index in [9.17, 15) is 0 Å². The predicted octanol–water partition coefficient (Wildman–Crippen LogP) is 5.56. The molecule has 0 amide bonds. The molecule has 0 spiro atoms. The summed E-state index contributed by atoms with van der Waals surface area (Å²) in [5.74, 6) is 0.744. The quantitative estimate of drug-likeness (QED) is 0.594. The van der Waals surface area contributed by atoms with E-state index in [2.05, 4.69) is 58.9 Å². The Bertz CT molecular complexity index is 354. The van der Waals surface area contributed by atoms with Gasteiger partial charge in [0.2, 0.25) is 0 Å². The van der Waals surface area contributed by atoms with Crippen LogP contribution in [0.15, 0.2) is 24.3 Å². The Kier molecular flexibility index (Phi) is 4.06. The Balaban J connectivity index is 0.000000686. The Hall–Kier alpha value is -0.780. The maximum atomic E-state index is 2.40. The molecule has 1 aliphatic carbocycles. The predicted molar refractivity (Wildman–Crippen MR) is 77.4 cm³/mol. The Morgan fingerprint density at radius 3 is 1.76 bits per heavy atom. The summed E-state index contributed by atoms with van der Waals surface area (Å²) in [5, 5.41) is 0. The Morgan fingerprint density at radius 1 is 0.941 bits per heavy atom. The van der Waals surface area contributed by atoms with Gasteiger partial charge in [0.1, 0.15) is 0 Å². The zero-order chi connectivity index (χ0) is 13.3. The van der Waals surface area contributed by atoms with E-state index < -0.39 is 0 Å². The average Bonchev–Trinajstić information content (AvgIpc) is 2.30. The fourth-order valence-electron chi connectivity index (χ4n) is 2.70. The van der Waals surface area contributed by atoms with Crippen LogP contribution < -0.4 is 0 Å². The molecule has 1 aromatic rings. The van der Waals surface area contributed by atoms with Crippen molar-refractivity contribution in [3.63, 3.8) is 0 Å². The molecule has 1 unspecified atom stereocenters. The monoisotopic (exact) mass is 232 g/mol. The van der Waals surface area contributed by atoms with Crippen LogP contribution in [0.3, 0.4) is 0 Å². The van der Waals surface area contributed by atoms with Gasteiger partial charge in [-0.1, -0.05) is 71.4 Å². The van der Waals surface area contributed by atoms with Gasteiger partial charge in [0.05, 0.1) is 0 Å². The standard InChI is InChI=1S/C15H22.C2H6/c1-11-6-8-12(9-7-11)13-10-14(2,3)15(13,4)5;1-2/h6-9,13H,10H2,1-5H3;1-2H3. The number of hydrogen-bond acceptors (Lipinski definition) is 0. The lowest BCUT2D eigenvalue weighted by molar-refractivity contribution is -0.0487. The van der Waals surface area contributed by atoms with Crippen molar-refractivity contribution in [2.75, 3.05) is 0 Å². The SMILES string of the molecule is CC.Cc1ccc(C2CC(C)(C)C2(C)C)cc1. The molecule has 0 nitrogen and oxygen atoms in total. The molecule has 0 heterocycles. The number of hydrogen-bond donors (Lipinski definition) is 0. The van der Waals surface area contributed by atoms with Gasteiger partial charge >= 0.3 is 0 Å². The highest BCUT2D eigenvalue weighted by atomic mass is 14.6. The minimum absolute atomic E-state index is 0.433. The normalized spacial score (nSPS) is 24.3. The summed E-state index contributed by atoms with van der Waals surface area (Å²) in [4.78, 5) is 0. The molecule has 17 heavy (non-hydrogen) atoms. The summed E-state index contributed by atoms with van der Waals surface area (Å²) in [7, 11) is 0. The molecule has 1 atom stereocenters. The first-order valence-electron chi connectivity index (χ1n) is 6.91. The molecule has 1 aromatic carbocycles. The lowest BCUT2D eigenvalue weighted by Crippen LogP contribution is -2.49. The van der Waals surface area contributed by atoms with Gasteiger partial charge in [-0.05, 0) is 35.7 Å². The van der Waals surface area contributed by atoms with Crippen molar-refractivity contribution >= 4 is 0 Å². The van der Waals surface area contributed by atoms with Crippen molar-refractivity contribution in [1.29, 1.82) is 0 Å². The van der Waals surface area contributed by atoms with Gasteiger partial charge in [-0.3, -0.25) is 0 Å². The summed E-state index contributed by atoms with van der Waals surface area (Å²) in [6.45, 7) is 15.7. The molecule has 0 saturated heterocycles. The van der Waals surface area contributed by atoms with Crippen LogP contribution in [-0.2, 0) is 0 Å². The summed E-state index contributed by atoms with van der Waals surface area (Å²) in [6, 6.07) is 9.07. The average molecular weight is 232 g/mol. The second-order valence-electron chi connectivity index (χ2n) is 6.27. The van der Waals surface area contributed by atoms with Crippen LogP contribution in [0, 0.1) is 17.8 Å². The van der Waals surface area contributed by atoms with Crippen LogP contribution in [0.1, 0.15) is 65.0 Å². The van der Waals surface area contributed by atoms with Crippen LogP contribution in [0.25, 0.3) is 0 Å². The van der Waals surface area contributed by atoms with E-state index in [-0.39, 0.29) is 0 Å². The van der Waals surface area contributed by atoms with Gasteiger partial charge in [-0.15, -0.1) is 0 Å². The highest BCUT2D eigenvalue weighted by Crippen LogP contribution is 2.64. The van der Waals surface area contributed by atoms with Gasteiger partial charge in [-0.2, -0.15) is 0 Å². The maximum Gasteiger partial charge on any atom is -0.0100 e. The third kappa shape index (κ3) is 2.41. The van der Waals surface area contributed by atoms with E-state index in [0.717, 1.165) is 5.92 Å². The summed E-state index contributed by atoms with van der Waals surface area (Å²) in [5.41, 5.74) is 3.80. The van der Waals surface area contributed by atoms with Gasteiger partial charge in [0.25, 0.3) is 0 Å². The van der Waals surface area contributed by atoms with Crippen molar-refractivity contribution in [2.24, 2.45) is 10.8 Å². The minimum atomic E-state index is 0.433. The Labute approximate surface area is 107 Å². The van der Waals surface area contributed by atoms with Crippen molar-refractivity contribution < 1.29 is 0 Å². The van der Waals surface area contributed by atoms with Gasteiger partial charge in [-0.25, -0.2) is 0 Å². The van der Waals surface area contributed by atoms with Crippen LogP contribution in [-0.4, -0.2) is 0 Å². The fourth-order valence-corrected chi connectivity index (χ4v) is 2.70. The lowest BCUT2D eigenvalue weighted by Gasteiger charge is -2.59. The van der Waals surface area contributed by atoms with E-state index in [1.54, 1.807) is 0 Å². The first kappa shape index (κ1) is 14.3. The molecule has 0 N–H and O–H groups in total.